The summed E-state index contributed by atoms with van der Waals surface area (Å²) in [6.07, 6.45) is 3.72. The third-order valence-electron chi connectivity index (χ3n) is 4.10. The standard InChI is InChI=1S/C16H19N3O3S/c1-2-18(15-8-9-23(21,22)12-15)16(20)13-10-17-19(11-13)14-6-4-3-5-7-14/h3-7,10-11,15H,2,8-9,12H2,1H3. The zero-order valence-electron chi connectivity index (χ0n) is 12.9. The van der Waals surface area contributed by atoms with Crippen LogP contribution in [-0.2, 0) is 9.84 Å². The monoisotopic (exact) mass is 333 g/mol. The van der Waals surface area contributed by atoms with E-state index in [1.54, 1.807) is 15.8 Å². The second-order valence-electron chi connectivity index (χ2n) is 5.66. The highest BCUT2D eigenvalue weighted by Crippen LogP contribution is 2.20. The third-order valence-corrected chi connectivity index (χ3v) is 5.85. The lowest BCUT2D eigenvalue weighted by Crippen LogP contribution is -2.40. The van der Waals surface area contributed by atoms with Gasteiger partial charge in [-0.05, 0) is 25.5 Å². The van der Waals surface area contributed by atoms with Gasteiger partial charge in [0.15, 0.2) is 9.84 Å². The molecule has 0 bridgehead atoms. The molecule has 1 aliphatic heterocycles. The quantitative estimate of drug-likeness (QED) is 0.850. The van der Waals surface area contributed by atoms with Crippen LogP contribution in [0.2, 0.25) is 0 Å². The topological polar surface area (TPSA) is 72.3 Å². The normalized spacial score (nSPS) is 19.6. The van der Waals surface area contributed by atoms with Crippen LogP contribution >= 0.6 is 0 Å². The minimum absolute atomic E-state index is 0.0550. The van der Waals surface area contributed by atoms with Crippen molar-refractivity contribution in [1.29, 1.82) is 0 Å². The molecular weight excluding hydrogens is 314 g/mol. The summed E-state index contributed by atoms with van der Waals surface area (Å²) in [6.45, 7) is 2.35. The average molecular weight is 333 g/mol. The van der Waals surface area contributed by atoms with Gasteiger partial charge < -0.3 is 4.90 Å². The van der Waals surface area contributed by atoms with Gasteiger partial charge in [0.05, 0.1) is 29.0 Å². The van der Waals surface area contributed by atoms with Crippen LogP contribution in [0.25, 0.3) is 5.69 Å². The Hall–Kier alpha value is -2.15. The number of rotatable bonds is 4. The summed E-state index contributed by atoms with van der Waals surface area (Å²) in [4.78, 5) is 14.3. The number of amides is 1. The van der Waals surface area contributed by atoms with Crippen molar-refractivity contribution < 1.29 is 13.2 Å². The minimum atomic E-state index is -3.02. The molecule has 1 aromatic carbocycles. The van der Waals surface area contributed by atoms with Crippen molar-refractivity contribution in [3.05, 3.63) is 48.3 Å². The second kappa shape index (κ2) is 6.16. The van der Waals surface area contributed by atoms with Gasteiger partial charge in [0, 0.05) is 18.8 Å². The first-order chi connectivity index (χ1) is 11.0. The van der Waals surface area contributed by atoms with E-state index in [4.69, 9.17) is 0 Å². The number of aromatic nitrogens is 2. The minimum Gasteiger partial charge on any atom is -0.335 e. The summed E-state index contributed by atoms with van der Waals surface area (Å²) in [6, 6.07) is 9.29. The lowest BCUT2D eigenvalue weighted by molar-refractivity contribution is 0.0708. The van der Waals surface area contributed by atoms with Gasteiger partial charge in [-0.2, -0.15) is 5.10 Å². The number of hydrogen-bond donors (Lipinski definition) is 0. The van der Waals surface area contributed by atoms with E-state index in [2.05, 4.69) is 5.10 Å². The molecule has 2 heterocycles. The van der Waals surface area contributed by atoms with Gasteiger partial charge in [0.1, 0.15) is 0 Å². The van der Waals surface area contributed by atoms with Crippen molar-refractivity contribution >= 4 is 15.7 Å². The van der Waals surface area contributed by atoms with Gasteiger partial charge in [-0.3, -0.25) is 4.79 Å². The number of carbonyl (C=O) groups excluding carboxylic acids is 1. The van der Waals surface area contributed by atoms with Gasteiger partial charge in [-0.15, -0.1) is 0 Å². The predicted molar refractivity (Wildman–Crippen MR) is 87.3 cm³/mol. The van der Waals surface area contributed by atoms with Gasteiger partial charge in [-0.25, -0.2) is 13.1 Å². The van der Waals surface area contributed by atoms with Crippen LogP contribution < -0.4 is 0 Å². The molecule has 1 aliphatic rings. The molecule has 3 rings (SSSR count). The molecule has 6 nitrogen and oxygen atoms in total. The number of sulfone groups is 1. The summed E-state index contributed by atoms with van der Waals surface area (Å²) in [5, 5.41) is 4.23. The maximum Gasteiger partial charge on any atom is 0.257 e. The molecule has 23 heavy (non-hydrogen) atoms. The molecule has 1 unspecified atom stereocenters. The maximum atomic E-state index is 12.7. The van der Waals surface area contributed by atoms with E-state index >= 15 is 0 Å². The zero-order valence-corrected chi connectivity index (χ0v) is 13.7. The number of hydrogen-bond acceptors (Lipinski definition) is 4. The molecule has 7 heteroatoms. The Balaban J connectivity index is 1.81. The molecule has 0 saturated carbocycles. The number of nitrogens with zero attached hydrogens (tertiary/aromatic N) is 3. The Kier molecular flexibility index (Phi) is 4.21. The highest BCUT2D eigenvalue weighted by atomic mass is 32.2. The van der Waals surface area contributed by atoms with Crippen molar-refractivity contribution in [3.63, 3.8) is 0 Å². The fourth-order valence-electron chi connectivity index (χ4n) is 2.91. The molecule has 0 radical (unpaired) electrons. The molecular formula is C16H19N3O3S. The highest BCUT2D eigenvalue weighted by molar-refractivity contribution is 7.91. The van der Waals surface area contributed by atoms with Crippen LogP contribution in [0.1, 0.15) is 23.7 Å². The van der Waals surface area contributed by atoms with Crippen molar-refractivity contribution in [2.75, 3.05) is 18.1 Å². The zero-order chi connectivity index (χ0) is 16.4. The Morgan fingerprint density at radius 3 is 2.70 bits per heavy atom. The summed E-state index contributed by atoms with van der Waals surface area (Å²) in [5.74, 6) is 0.0428. The van der Waals surface area contributed by atoms with E-state index in [9.17, 15) is 13.2 Å². The lowest BCUT2D eigenvalue weighted by Gasteiger charge is -2.26. The van der Waals surface area contributed by atoms with E-state index in [0.717, 1.165) is 5.69 Å². The number of para-hydroxylation sites is 1. The fourth-order valence-corrected chi connectivity index (χ4v) is 4.64. The summed E-state index contributed by atoms with van der Waals surface area (Å²) in [7, 11) is -3.02. The first-order valence-corrected chi connectivity index (χ1v) is 9.44. The molecule has 1 atom stereocenters. The van der Waals surface area contributed by atoms with Gasteiger partial charge in [0.2, 0.25) is 0 Å². The molecule has 1 aromatic heterocycles. The highest BCUT2D eigenvalue weighted by Gasteiger charge is 2.34. The largest absolute Gasteiger partial charge is 0.335 e. The van der Waals surface area contributed by atoms with E-state index in [0.29, 0.717) is 18.5 Å². The Morgan fingerprint density at radius 2 is 2.09 bits per heavy atom. The fraction of sp³-hybridized carbons (Fsp3) is 0.375. The summed E-state index contributed by atoms with van der Waals surface area (Å²) >= 11 is 0. The Morgan fingerprint density at radius 1 is 1.35 bits per heavy atom. The van der Waals surface area contributed by atoms with Crippen LogP contribution in [0.5, 0.6) is 0 Å². The van der Waals surface area contributed by atoms with E-state index in [-0.39, 0.29) is 23.5 Å². The SMILES string of the molecule is CCN(C(=O)c1cnn(-c2ccccc2)c1)C1CCS(=O)(=O)C1. The van der Waals surface area contributed by atoms with Gasteiger partial charge >= 0.3 is 0 Å². The van der Waals surface area contributed by atoms with E-state index in [1.807, 2.05) is 37.3 Å². The van der Waals surface area contributed by atoms with Crippen molar-refractivity contribution in [1.82, 2.24) is 14.7 Å². The summed E-state index contributed by atoms with van der Waals surface area (Å²) in [5.41, 5.74) is 1.35. The molecule has 0 N–H and O–H groups in total. The molecule has 0 aliphatic carbocycles. The lowest BCUT2D eigenvalue weighted by atomic mass is 10.2. The Bertz CT molecular complexity index is 799. The summed E-state index contributed by atoms with van der Waals surface area (Å²) < 4.78 is 25.0. The van der Waals surface area contributed by atoms with Crippen LogP contribution in [0, 0.1) is 0 Å². The number of benzene rings is 1. The molecule has 2 aromatic rings. The second-order valence-corrected chi connectivity index (χ2v) is 7.89. The van der Waals surface area contributed by atoms with E-state index in [1.165, 1.54) is 6.20 Å². The number of carbonyl (C=O) groups is 1. The van der Waals surface area contributed by atoms with Crippen molar-refractivity contribution in [2.24, 2.45) is 0 Å². The van der Waals surface area contributed by atoms with Crippen molar-refractivity contribution in [3.8, 4) is 5.69 Å². The van der Waals surface area contributed by atoms with Crippen LogP contribution in [-0.4, -0.2) is 53.1 Å². The Labute approximate surface area is 135 Å². The van der Waals surface area contributed by atoms with Crippen LogP contribution in [0.3, 0.4) is 0 Å². The smallest absolute Gasteiger partial charge is 0.257 e. The molecule has 1 saturated heterocycles. The maximum absolute atomic E-state index is 12.7. The van der Waals surface area contributed by atoms with Crippen LogP contribution in [0.15, 0.2) is 42.7 Å². The molecule has 1 fully saturated rings. The van der Waals surface area contributed by atoms with Crippen LogP contribution in [0.4, 0.5) is 0 Å². The first kappa shape index (κ1) is 15.7. The molecule has 122 valence electrons. The van der Waals surface area contributed by atoms with Gasteiger partial charge in [-0.1, -0.05) is 18.2 Å². The third kappa shape index (κ3) is 3.29. The van der Waals surface area contributed by atoms with E-state index < -0.39 is 9.84 Å². The molecule has 1 amide bonds. The first-order valence-electron chi connectivity index (χ1n) is 7.61. The van der Waals surface area contributed by atoms with Gasteiger partial charge in [0.25, 0.3) is 5.91 Å². The molecule has 0 spiro atoms. The van der Waals surface area contributed by atoms with Crippen molar-refractivity contribution in [2.45, 2.75) is 19.4 Å². The predicted octanol–water partition coefficient (Wildman–Crippen LogP) is 1.52. The average Bonchev–Trinajstić information content (AvgIpc) is 3.16.